The van der Waals surface area contributed by atoms with E-state index in [0.717, 1.165) is 0 Å². The van der Waals surface area contributed by atoms with Crippen LogP contribution in [-0.4, -0.2) is 16.9 Å². The zero-order valence-corrected chi connectivity index (χ0v) is 6.90. The standard InChI is InChI=1S/C5H4O3.C3H6O/c6-5(7)4-1-2-8-3-4;1-3(2)4/h1-3H,(H,6,7);1-2H3. The molecule has 1 aromatic rings. The van der Waals surface area contributed by atoms with Crippen LogP contribution in [0, 0.1) is 0 Å². The van der Waals surface area contributed by atoms with Gasteiger partial charge >= 0.3 is 5.97 Å². The summed E-state index contributed by atoms with van der Waals surface area (Å²) in [5.41, 5.74) is 0.185. The Hall–Kier alpha value is -1.58. The normalized spacial score (nSPS) is 8.17. The monoisotopic (exact) mass is 170 g/mol. The van der Waals surface area contributed by atoms with E-state index in [0.29, 0.717) is 0 Å². The number of furan rings is 1. The van der Waals surface area contributed by atoms with Gasteiger partial charge in [-0.3, -0.25) is 0 Å². The number of hydrogen-bond donors (Lipinski definition) is 1. The van der Waals surface area contributed by atoms with Crippen LogP contribution >= 0.6 is 0 Å². The van der Waals surface area contributed by atoms with Crippen molar-refractivity contribution in [3.8, 4) is 0 Å². The van der Waals surface area contributed by atoms with Crippen LogP contribution in [0.3, 0.4) is 0 Å². The molecule has 0 unspecified atom stereocenters. The lowest BCUT2D eigenvalue weighted by Crippen LogP contribution is -1.90. The summed E-state index contributed by atoms with van der Waals surface area (Å²) in [7, 11) is 0. The Morgan fingerprint density at radius 1 is 1.42 bits per heavy atom. The molecule has 0 amide bonds. The number of hydrogen-bond acceptors (Lipinski definition) is 3. The van der Waals surface area contributed by atoms with Gasteiger partial charge in [0, 0.05) is 0 Å². The number of ketones is 1. The molecule has 0 bridgehead atoms. The fourth-order valence-corrected chi connectivity index (χ4v) is 0.386. The third-order valence-corrected chi connectivity index (χ3v) is 0.768. The van der Waals surface area contributed by atoms with Crippen molar-refractivity contribution >= 4 is 11.8 Å². The van der Waals surface area contributed by atoms with Gasteiger partial charge in [0.05, 0.1) is 11.8 Å². The molecule has 0 fully saturated rings. The third kappa shape index (κ3) is 5.22. The summed E-state index contributed by atoms with van der Waals surface area (Å²) in [6.07, 6.45) is 2.51. The van der Waals surface area contributed by atoms with Crippen molar-refractivity contribution < 1.29 is 19.1 Å². The molecule has 0 aromatic carbocycles. The summed E-state index contributed by atoms with van der Waals surface area (Å²) >= 11 is 0. The molecule has 0 aliphatic rings. The Balaban J connectivity index is 0.000000261. The van der Waals surface area contributed by atoms with Crippen LogP contribution in [0.15, 0.2) is 23.0 Å². The zero-order valence-electron chi connectivity index (χ0n) is 6.90. The molecule has 0 radical (unpaired) electrons. The number of aromatic carboxylic acids is 1. The van der Waals surface area contributed by atoms with Crippen molar-refractivity contribution in [3.05, 3.63) is 24.2 Å². The molecule has 1 heterocycles. The first-order valence-corrected chi connectivity index (χ1v) is 3.26. The van der Waals surface area contributed by atoms with E-state index < -0.39 is 5.97 Å². The van der Waals surface area contributed by atoms with Crippen molar-refractivity contribution in [1.29, 1.82) is 0 Å². The van der Waals surface area contributed by atoms with Crippen LogP contribution in [0.5, 0.6) is 0 Å². The van der Waals surface area contributed by atoms with Gasteiger partial charge in [-0.25, -0.2) is 4.79 Å². The highest BCUT2D eigenvalue weighted by Gasteiger charge is 2.00. The number of carboxylic acids is 1. The van der Waals surface area contributed by atoms with E-state index in [1.807, 2.05) is 0 Å². The topological polar surface area (TPSA) is 67.5 Å². The second-order valence-corrected chi connectivity index (χ2v) is 2.23. The quantitative estimate of drug-likeness (QED) is 0.694. The number of Topliss-reactive ketones (excluding diaryl/α,β-unsaturated/α-hetero) is 1. The van der Waals surface area contributed by atoms with Crippen molar-refractivity contribution in [1.82, 2.24) is 0 Å². The van der Waals surface area contributed by atoms with Crippen molar-refractivity contribution in [3.63, 3.8) is 0 Å². The molecule has 0 saturated heterocycles. The van der Waals surface area contributed by atoms with Gasteiger partial charge in [0.25, 0.3) is 0 Å². The molecule has 4 heteroatoms. The lowest BCUT2D eigenvalue weighted by molar-refractivity contribution is -0.114. The average Bonchev–Trinajstić information content (AvgIpc) is 2.34. The van der Waals surface area contributed by atoms with E-state index in [1.165, 1.54) is 32.4 Å². The molecular formula is C8H10O4. The molecule has 1 N–H and O–H groups in total. The van der Waals surface area contributed by atoms with Gasteiger partial charge in [0.1, 0.15) is 12.0 Å². The number of carbonyl (C=O) groups is 2. The van der Waals surface area contributed by atoms with Gasteiger partial charge in [0.15, 0.2) is 0 Å². The van der Waals surface area contributed by atoms with E-state index >= 15 is 0 Å². The Kier molecular flexibility index (Phi) is 4.45. The first kappa shape index (κ1) is 10.4. The fraction of sp³-hybridized carbons (Fsp3) is 0.250. The van der Waals surface area contributed by atoms with Gasteiger partial charge in [-0.15, -0.1) is 0 Å². The van der Waals surface area contributed by atoms with E-state index in [-0.39, 0.29) is 11.3 Å². The molecular weight excluding hydrogens is 160 g/mol. The minimum Gasteiger partial charge on any atom is -0.478 e. The first-order chi connectivity index (χ1) is 5.54. The minimum atomic E-state index is -0.959. The van der Waals surface area contributed by atoms with E-state index in [2.05, 4.69) is 4.42 Å². The summed E-state index contributed by atoms with van der Waals surface area (Å²) < 4.78 is 4.49. The van der Waals surface area contributed by atoms with Crippen LogP contribution in [0.2, 0.25) is 0 Å². The van der Waals surface area contributed by atoms with E-state index in [1.54, 1.807) is 0 Å². The highest BCUT2D eigenvalue weighted by molar-refractivity contribution is 5.86. The highest BCUT2D eigenvalue weighted by atomic mass is 16.4. The predicted molar refractivity (Wildman–Crippen MR) is 42.0 cm³/mol. The maximum Gasteiger partial charge on any atom is 0.338 e. The second kappa shape index (κ2) is 5.12. The van der Waals surface area contributed by atoms with Gasteiger partial charge in [-0.05, 0) is 19.9 Å². The first-order valence-electron chi connectivity index (χ1n) is 3.26. The molecule has 1 rings (SSSR count). The second-order valence-electron chi connectivity index (χ2n) is 2.23. The highest BCUT2D eigenvalue weighted by Crippen LogP contribution is 1.97. The molecule has 0 atom stereocenters. The molecule has 0 spiro atoms. The smallest absolute Gasteiger partial charge is 0.338 e. The maximum atomic E-state index is 10.0. The van der Waals surface area contributed by atoms with Crippen molar-refractivity contribution in [2.45, 2.75) is 13.8 Å². The molecule has 12 heavy (non-hydrogen) atoms. The maximum absolute atomic E-state index is 10.0. The summed E-state index contributed by atoms with van der Waals surface area (Å²) in [5, 5.41) is 8.21. The van der Waals surface area contributed by atoms with Crippen molar-refractivity contribution in [2.75, 3.05) is 0 Å². The molecule has 66 valence electrons. The van der Waals surface area contributed by atoms with Crippen molar-refractivity contribution in [2.24, 2.45) is 0 Å². The van der Waals surface area contributed by atoms with Crippen LogP contribution in [0.4, 0.5) is 0 Å². The summed E-state index contributed by atoms with van der Waals surface area (Å²) in [6, 6.07) is 1.39. The van der Waals surface area contributed by atoms with Gasteiger partial charge < -0.3 is 14.3 Å². The van der Waals surface area contributed by atoms with Gasteiger partial charge in [-0.2, -0.15) is 0 Å². The Labute approximate surface area is 69.8 Å². The summed E-state index contributed by atoms with van der Waals surface area (Å²) in [4.78, 5) is 19.4. The number of carboxylic acid groups (broad SMARTS) is 1. The third-order valence-electron chi connectivity index (χ3n) is 0.768. The molecule has 0 saturated carbocycles. The van der Waals surface area contributed by atoms with Crippen LogP contribution < -0.4 is 0 Å². The fourth-order valence-electron chi connectivity index (χ4n) is 0.386. The Morgan fingerprint density at radius 2 is 1.92 bits per heavy atom. The summed E-state index contributed by atoms with van der Waals surface area (Å²) in [5.74, 6) is -0.793. The van der Waals surface area contributed by atoms with Crippen LogP contribution in [0.25, 0.3) is 0 Å². The average molecular weight is 170 g/mol. The molecule has 1 aromatic heterocycles. The summed E-state index contributed by atoms with van der Waals surface area (Å²) in [6.45, 7) is 3.06. The van der Waals surface area contributed by atoms with Crippen LogP contribution in [0.1, 0.15) is 24.2 Å². The molecule has 0 aliphatic heterocycles. The largest absolute Gasteiger partial charge is 0.478 e. The number of rotatable bonds is 1. The minimum absolute atomic E-state index is 0.167. The van der Waals surface area contributed by atoms with Crippen LogP contribution in [-0.2, 0) is 4.79 Å². The van der Waals surface area contributed by atoms with E-state index in [9.17, 15) is 9.59 Å². The Bertz CT molecular complexity index is 244. The SMILES string of the molecule is CC(C)=O.O=C(O)c1ccoc1. The molecule has 0 aliphatic carbocycles. The van der Waals surface area contributed by atoms with E-state index in [4.69, 9.17) is 5.11 Å². The Morgan fingerprint density at radius 3 is 2.08 bits per heavy atom. The van der Waals surface area contributed by atoms with Gasteiger partial charge in [-0.1, -0.05) is 0 Å². The zero-order chi connectivity index (χ0) is 9.56. The number of carbonyl (C=O) groups excluding carboxylic acids is 1. The molecule has 4 nitrogen and oxygen atoms in total. The van der Waals surface area contributed by atoms with Gasteiger partial charge in [0.2, 0.25) is 0 Å². The lowest BCUT2D eigenvalue weighted by atomic mass is 10.4. The predicted octanol–water partition coefficient (Wildman–Crippen LogP) is 1.57. The lowest BCUT2D eigenvalue weighted by Gasteiger charge is -1.77.